The molecule has 3 heteroatoms. The van der Waals surface area contributed by atoms with Crippen molar-refractivity contribution >= 4 is 5.97 Å². The molecule has 58 valence electrons. The Morgan fingerprint density at radius 1 is 1.90 bits per heavy atom. The number of rotatable bonds is 4. The zero-order chi connectivity index (χ0) is 8.20. The van der Waals surface area contributed by atoms with Crippen molar-refractivity contribution in [3.63, 3.8) is 0 Å². The van der Waals surface area contributed by atoms with Gasteiger partial charge in [0.2, 0.25) is 0 Å². The summed E-state index contributed by atoms with van der Waals surface area (Å²) in [5.74, 6) is -0.963. The summed E-state index contributed by atoms with van der Waals surface area (Å²) in [7, 11) is 0. The molecule has 0 aromatic rings. The van der Waals surface area contributed by atoms with E-state index in [9.17, 15) is 4.79 Å². The molecule has 0 aliphatic carbocycles. The predicted octanol–water partition coefficient (Wildman–Crippen LogP) is 0.755. The third-order valence-corrected chi connectivity index (χ3v) is 1.57. The van der Waals surface area contributed by atoms with Gasteiger partial charge in [-0.1, -0.05) is 13.0 Å². The van der Waals surface area contributed by atoms with Gasteiger partial charge < -0.3 is 10.8 Å². The lowest BCUT2D eigenvalue weighted by atomic mass is 9.94. The standard InChI is InChI=1S/C7H13NO2/c1-3-5-7(8,4-2)6(9)10/h3H,1,4-5,8H2,2H3,(H,9,10). The van der Waals surface area contributed by atoms with Crippen LogP contribution in [0, 0.1) is 0 Å². The van der Waals surface area contributed by atoms with Gasteiger partial charge in [0.05, 0.1) is 0 Å². The molecule has 0 heterocycles. The van der Waals surface area contributed by atoms with Gasteiger partial charge in [0.25, 0.3) is 0 Å². The molecule has 0 aromatic carbocycles. The predicted molar refractivity (Wildman–Crippen MR) is 39.7 cm³/mol. The number of carboxylic acids is 1. The Balaban J connectivity index is 4.21. The molecule has 3 N–H and O–H groups in total. The van der Waals surface area contributed by atoms with E-state index in [1.54, 1.807) is 6.92 Å². The lowest BCUT2D eigenvalue weighted by Gasteiger charge is -2.20. The normalized spacial score (nSPS) is 15.8. The Kier molecular flexibility index (Phi) is 3.09. The first-order valence-electron chi connectivity index (χ1n) is 3.20. The number of hydrogen-bond acceptors (Lipinski definition) is 2. The molecule has 0 aliphatic rings. The summed E-state index contributed by atoms with van der Waals surface area (Å²) in [5, 5.41) is 8.59. The highest BCUT2D eigenvalue weighted by Crippen LogP contribution is 2.11. The Labute approximate surface area is 60.5 Å². The second-order valence-corrected chi connectivity index (χ2v) is 2.31. The molecule has 0 bridgehead atoms. The molecule has 0 rings (SSSR count). The minimum absolute atomic E-state index is 0.318. The summed E-state index contributed by atoms with van der Waals surface area (Å²) in [6.07, 6.45) is 2.27. The van der Waals surface area contributed by atoms with Gasteiger partial charge >= 0.3 is 5.97 Å². The highest BCUT2D eigenvalue weighted by Gasteiger charge is 2.29. The molecule has 10 heavy (non-hydrogen) atoms. The molecule has 0 saturated carbocycles. The average Bonchev–Trinajstić information content (AvgIpc) is 1.88. The van der Waals surface area contributed by atoms with E-state index in [1.165, 1.54) is 6.08 Å². The Bertz CT molecular complexity index is 145. The lowest BCUT2D eigenvalue weighted by Crippen LogP contribution is -2.46. The third kappa shape index (κ3) is 1.84. The van der Waals surface area contributed by atoms with Gasteiger partial charge in [-0.3, -0.25) is 4.79 Å². The molecule has 0 fully saturated rings. The Morgan fingerprint density at radius 3 is 2.50 bits per heavy atom. The molecule has 3 nitrogen and oxygen atoms in total. The minimum atomic E-state index is -1.11. The van der Waals surface area contributed by atoms with Crippen LogP contribution in [-0.2, 0) is 4.79 Å². The molecule has 0 radical (unpaired) electrons. The van der Waals surface area contributed by atoms with Crippen LogP contribution in [0.3, 0.4) is 0 Å². The summed E-state index contributed by atoms with van der Waals surface area (Å²) in [6, 6.07) is 0. The van der Waals surface area contributed by atoms with Gasteiger partial charge in [-0.15, -0.1) is 6.58 Å². The van der Waals surface area contributed by atoms with E-state index in [2.05, 4.69) is 6.58 Å². The van der Waals surface area contributed by atoms with Crippen molar-refractivity contribution in [3.8, 4) is 0 Å². The second kappa shape index (κ2) is 3.37. The molecule has 1 unspecified atom stereocenters. The van der Waals surface area contributed by atoms with Gasteiger partial charge in [0.15, 0.2) is 0 Å². The summed E-state index contributed by atoms with van der Waals surface area (Å²) < 4.78 is 0. The monoisotopic (exact) mass is 143 g/mol. The molecule has 0 saturated heterocycles. The largest absolute Gasteiger partial charge is 0.480 e. The molecular weight excluding hydrogens is 130 g/mol. The average molecular weight is 143 g/mol. The number of nitrogens with two attached hydrogens (primary N) is 1. The molecular formula is C7H13NO2. The number of aliphatic carboxylic acids is 1. The first kappa shape index (κ1) is 9.17. The van der Waals surface area contributed by atoms with E-state index < -0.39 is 11.5 Å². The lowest BCUT2D eigenvalue weighted by molar-refractivity contribution is -0.143. The van der Waals surface area contributed by atoms with Crippen LogP contribution in [0.25, 0.3) is 0 Å². The summed E-state index contributed by atoms with van der Waals surface area (Å²) in [6.45, 7) is 5.18. The second-order valence-electron chi connectivity index (χ2n) is 2.31. The SMILES string of the molecule is C=CCC(N)(CC)C(=O)O. The molecule has 1 atom stereocenters. The van der Waals surface area contributed by atoms with Gasteiger partial charge in [0, 0.05) is 0 Å². The quantitative estimate of drug-likeness (QED) is 0.571. The maximum absolute atomic E-state index is 10.5. The van der Waals surface area contributed by atoms with Gasteiger partial charge in [-0.05, 0) is 12.8 Å². The number of carboxylic acid groups (broad SMARTS) is 1. The highest BCUT2D eigenvalue weighted by molar-refractivity contribution is 5.78. The van der Waals surface area contributed by atoms with Crippen molar-refractivity contribution in [2.75, 3.05) is 0 Å². The summed E-state index contributed by atoms with van der Waals surface area (Å²) in [5.41, 5.74) is 4.37. The zero-order valence-electron chi connectivity index (χ0n) is 6.13. The maximum atomic E-state index is 10.5. The van der Waals surface area contributed by atoms with E-state index in [0.717, 1.165) is 0 Å². The van der Waals surface area contributed by atoms with Gasteiger partial charge in [0.1, 0.15) is 5.54 Å². The summed E-state index contributed by atoms with van der Waals surface area (Å²) in [4.78, 5) is 10.5. The van der Waals surface area contributed by atoms with Crippen LogP contribution in [0.5, 0.6) is 0 Å². The van der Waals surface area contributed by atoms with Crippen LogP contribution in [0.15, 0.2) is 12.7 Å². The molecule has 0 spiro atoms. The van der Waals surface area contributed by atoms with Crippen LogP contribution >= 0.6 is 0 Å². The third-order valence-electron chi connectivity index (χ3n) is 1.57. The van der Waals surface area contributed by atoms with Gasteiger partial charge in [-0.2, -0.15) is 0 Å². The van der Waals surface area contributed by atoms with Crippen LogP contribution < -0.4 is 5.73 Å². The van der Waals surface area contributed by atoms with E-state index in [1.807, 2.05) is 0 Å². The fourth-order valence-corrected chi connectivity index (χ4v) is 0.640. The van der Waals surface area contributed by atoms with Crippen LogP contribution in [-0.4, -0.2) is 16.6 Å². The first-order chi connectivity index (χ1) is 4.56. The van der Waals surface area contributed by atoms with E-state index in [4.69, 9.17) is 10.8 Å². The minimum Gasteiger partial charge on any atom is -0.480 e. The van der Waals surface area contributed by atoms with E-state index in [0.29, 0.717) is 12.8 Å². The zero-order valence-corrected chi connectivity index (χ0v) is 6.13. The van der Waals surface area contributed by atoms with Crippen molar-refractivity contribution in [3.05, 3.63) is 12.7 Å². The smallest absolute Gasteiger partial charge is 0.323 e. The first-order valence-corrected chi connectivity index (χ1v) is 3.20. The van der Waals surface area contributed by atoms with Crippen LogP contribution in [0.4, 0.5) is 0 Å². The number of carbonyl (C=O) groups is 1. The molecule has 0 aliphatic heterocycles. The highest BCUT2D eigenvalue weighted by atomic mass is 16.4. The van der Waals surface area contributed by atoms with E-state index >= 15 is 0 Å². The van der Waals surface area contributed by atoms with Crippen molar-refractivity contribution in [2.45, 2.75) is 25.3 Å². The molecule has 0 amide bonds. The summed E-state index contributed by atoms with van der Waals surface area (Å²) >= 11 is 0. The van der Waals surface area contributed by atoms with Crippen molar-refractivity contribution in [2.24, 2.45) is 5.73 Å². The molecule has 0 aromatic heterocycles. The number of hydrogen-bond donors (Lipinski definition) is 2. The van der Waals surface area contributed by atoms with Crippen molar-refractivity contribution in [1.29, 1.82) is 0 Å². The Morgan fingerprint density at radius 2 is 2.40 bits per heavy atom. The Hall–Kier alpha value is -0.830. The maximum Gasteiger partial charge on any atom is 0.323 e. The topological polar surface area (TPSA) is 63.3 Å². The van der Waals surface area contributed by atoms with Gasteiger partial charge in [-0.25, -0.2) is 0 Å². The van der Waals surface area contributed by atoms with Crippen LogP contribution in [0.1, 0.15) is 19.8 Å². The van der Waals surface area contributed by atoms with Crippen LogP contribution in [0.2, 0.25) is 0 Å². The van der Waals surface area contributed by atoms with Crippen molar-refractivity contribution in [1.82, 2.24) is 0 Å². The van der Waals surface area contributed by atoms with Crippen molar-refractivity contribution < 1.29 is 9.90 Å². The van der Waals surface area contributed by atoms with E-state index in [-0.39, 0.29) is 0 Å². The fourth-order valence-electron chi connectivity index (χ4n) is 0.640. The fraction of sp³-hybridized carbons (Fsp3) is 0.571.